The third kappa shape index (κ3) is 5.81. The molecule has 26 heavy (non-hydrogen) atoms. The molecule has 4 aromatic carbocycles. The minimum absolute atomic E-state index is 0.826. The van der Waals surface area contributed by atoms with Crippen LogP contribution in [0.4, 0.5) is 0 Å². The molecule has 4 aromatic rings. The zero-order valence-corrected chi connectivity index (χ0v) is 19.3. The number of rotatable bonds is 3. The summed E-state index contributed by atoms with van der Waals surface area (Å²) in [4.78, 5) is 0. The van der Waals surface area contributed by atoms with Crippen LogP contribution in [-0.4, -0.2) is 0 Å². The molecule has 0 bridgehead atoms. The molecule has 0 nitrogen and oxygen atoms in total. The van der Waals surface area contributed by atoms with Crippen LogP contribution in [0.5, 0.6) is 0 Å². The molecular weight excluding hydrogens is 438 g/mol. The number of fused-ring (bicyclic) bond motifs is 2. The van der Waals surface area contributed by atoms with Crippen LogP contribution in [0.2, 0.25) is 0 Å². The van der Waals surface area contributed by atoms with Gasteiger partial charge < -0.3 is 0 Å². The molecule has 0 fully saturated rings. The molecule has 0 unspecified atom stereocenters. The second-order valence-electron chi connectivity index (χ2n) is 6.07. The Kier molecular flexibility index (Phi) is 9.69. The first-order chi connectivity index (χ1) is 12.7. The van der Waals surface area contributed by atoms with Crippen molar-refractivity contribution in [3.63, 3.8) is 0 Å². The molecular formula is C23H24Cl2Zr. The van der Waals surface area contributed by atoms with Crippen molar-refractivity contribution in [2.75, 3.05) is 0 Å². The van der Waals surface area contributed by atoms with E-state index in [1.54, 1.807) is 0 Å². The molecule has 0 saturated carbocycles. The Labute approximate surface area is 175 Å². The van der Waals surface area contributed by atoms with E-state index in [4.69, 9.17) is 17.0 Å². The zero-order valence-electron chi connectivity index (χ0n) is 15.3. The first-order valence-electron chi connectivity index (χ1n) is 8.98. The molecule has 3 heteroatoms. The SMILES string of the molecule is CCCc1c[cH-]c2ccccc12.CCc1c[cH-]c2ccccc12.[Cl][Zr+2][Cl]. The van der Waals surface area contributed by atoms with E-state index in [0.29, 0.717) is 0 Å². The number of hydrogen-bond donors (Lipinski definition) is 0. The van der Waals surface area contributed by atoms with E-state index in [1.165, 1.54) is 45.5 Å². The summed E-state index contributed by atoms with van der Waals surface area (Å²) in [6.45, 7) is 4.42. The molecule has 0 aliphatic rings. The fraction of sp³-hybridized carbons (Fsp3) is 0.217. The van der Waals surface area contributed by atoms with Gasteiger partial charge in [0.1, 0.15) is 0 Å². The maximum absolute atomic E-state index is 4.93. The molecule has 134 valence electrons. The Bertz CT molecular complexity index is 905. The van der Waals surface area contributed by atoms with Crippen LogP contribution in [0.3, 0.4) is 0 Å². The van der Waals surface area contributed by atoms with Crippen LogP contribution in [0.25, 0.3) is 21.5 Å². The van der Waals surface area contributed by atoms with E-state index in [9.17, 15) is 0 Å². The standard InChI is InChI=1S/C12H13.C11H11.2ClH.Zr/c1-2-5-10-8-9-11-6-3-4-7-12(10)11;1-2-9-7-8-10-5-3-4-6-11(9)10;;;/h3-4,6-9H,2,5H2,1H3;3-8H,2H2,1H3;2*1H;/q2*-1;;;+4/p-2. The van der Waals surface area contributed by atoms with Crippen molar-refractivity contribution in [3.8, 4) is 0 Å². The third-order valence-corrected chi connectivity index (χ3v) is 4.44. The van der Waals surface area contributed by atoms with Crippen molar-refractivity contribution >= 4 is 38.6 Å². The Morgan fingerprint density at radius 1 is 0.769 bits per heavy atom. The second kappa shape index (κ2) is 11.8. The van der Waals surface area contributed by atoms with Crippen LogP contribution in [-0.2, 0) is 33.7 Å². The van der Waals surface area contributed by atoms with Gasteiger partial charge in [-0.05, 0) is 0 Å². The predicted molar refractivity (Wildman–Crippen MR) is 114 cm³/mol. The summed E-state index contributed by atoms with van der Waals surface area (Å²) >= 11 is -0.826. The number of hydrogen-bond acceptors (Lipinski definition) is 0. The van der Waals surface area contributed by atoms with Gasteiger partial charge in [0.2, 0.25) is 0 Å². The second-order valence-corrected chi connectivity index (χ2v) is 9.80. The van der Waals surface area contributed by atoms with Crippen LogP contribution in [0, 0.1) is 0 Å². The van der Waals surface area contributed by atoms with Gasteiger partial charge in [-0.2, -0.15) is 11.1 Å². The summed E-state index contributed by atoms with van der Waals surface area (Å²) in [5.74, 6) is 0. The van der Waals surface area contributed by atoms with E-state index in [-0.39, 0.29) is 0 Å². The molecule has 0 heterocycles. The zero-order chi connectivity index (χ0) is 18.8. The Morgan fingerprint density at radius 2 is 1.23 bits per heavy atom. The average molecular weight is 463 g/mol. The van der Waals surface area contributed by atoms with Crippen molar-refractivity contribution in [2.24, 2.45) is 0 Å². The Morgan fingerprint density at radius 3 is 1.73 bits per heavy atom. The molecule has 0 atom stereocenters. The predicted octanol–water partition coefficient (Wildman–Crippen LogP) is 8.01. The summed E-state index contributed by atoms with van der Waals surface area (Å²) in [6, 6.07) is 26.0. The van der Waals surface area contributed by atoms with Crippen LogP contribution < -0.4 is 0 Å². The molecule has 0 N–H and O–H groups in total. The fourth-order valence-corrected chi connectivity index (χ4v) is 3.23. The van der Waals surface area contributed by atoms with Crippen molar-refractivity contribution < 1.29 is 20.8 Å². The first-order valence-corrected chi connectivity index (χ1v) is 15.3. The van der Waals surface area contributed by atoms with Crippen LogP contribution in [0.1, 0.15) is 31.4 Å². The van der Waals surface area contributed by atoms with Crippen LogP contribution >= 0.6 is 17.0 Å². The quantitative estimate of drug-likeness (QED) is 0.271. The maximum atomic E-state index is 4.93. The van der Waals surface area contributed by atoms with E-state index in [1.807, 2.05) is 0 Å². The first kappa shape index (κ1) is 21.4. The van der Waals surface area contributed by atoms with Gasteiger partial charge >= 0.3 is 37.9 Å². The van der Waals surface area contributed by atoms with Crippen LogP contribution in [0.15, 0.2) is 72.8 Å². The molecule has 0 saturated heterocycles. The van der Waals surface area contributed by atoms with E-state index >= 15 is 0 Å². The summed E-state index contributed by atoms with van der Waals surface area (Å²) in [6.07, 6.45) is 3.56. The van der Waals surface area contributed by atoms with Gasteiger partial charge in [0.15, 0.2) is 0 Å². The van der Waals surface area contributed by atoms with Gasteiger partial charge in [-0.25, -0.2) is 0 Å². The van der Waals surface area contributed by atoms with Crippen molar-refractivity contribution in [1.82, 2.24) is 0 Å². The van der Waals surface area contributed by atoms with E-state index in [0.717, 1.165) is 6.42 Å². The van der Waals surface area contributed by atoms with Crippen molar-refractivity contribution in [3.05, 3.63) is 83.9 Å². The van der Waals surface area contributed by atoms with Gasteiger partial charge in [-0.1, -0.05) is 45.2 Å². The van der Waals surface area contributed by atoms with Crippen molar-refractivity contribution in [1.29, 1.82) is 0 Å². The van der Waals surface area contributed by atoms with Gasteiger partial charge in [-0.3, -0.25) is 0 Å². The summed E-state index contributed by atoms with van der Waals surface area (Å²) < 4.78 is 0. The molecule has 0 aliphatic carbocycles. The van der Waals surface area contributed by atoms with E-state index in [2.05, 4.69) is 86.6 Å². The summed E-state index contributed by atoms with van der Waals surface area (Å²) in [7, 11) is 9.87. The van der Waals surface area contributed by atoms with Gasteiger partial charge in [0.05, 0.1) is 0 Å². The molecule has 0 amide bonds. The number of benzene rings is 2. The molecule has 4 rings (SSSR count). The molecule has 0 aliphatic heterocycles. The fourth-order valence-electron chi connectivity index (χ4n) is 3.23. The van der Waals surface area contributed by atoms with Gasteiger partial charge in [-0.15, -0.1) is 82.2 Å². The molecule has 0 aromatic heterocycles. The topological polar surface area (TPSA) is 0 Å². The Balaban J connectivity index is 0.000000163. The summed E-state index contributed by atoms with van der Waals surface area (Å²) in [5, 5.41) is 5.58. The third-order valence-electron chi connectivity index (χ3n) is 4.44. The van der Waals surface area contributed by atoms with E-state index < -0.39 is 20.8 Å². The normalized spacial score (nSPS) is 9.85. The average Bonchev–Trinajstić information content (AvgIpc) is 3.28. The number of aryl methyl sites for hydroxylation is 2. The molecule has 0 spiro atoms. The van der Waals surface area contributed by atoms with Gasteiger partial charge in [0.25, 0.3) is 0 Å². The number of halogens is 2. The van der Waals surface area contributed by atoms with Gasteiger partial charge in [0, 0.05) is 0 Å². The van der Waals surface area contributed by atoms with Crippen molar-refractivity contribution in [2.45, 2.75) is 33.1 Å². The molecule has 0 radical (unpaired) electrons. The Hall–Kier alpha value is -0.877. The summed E-state index contributed by atoms with van der Waals surface area (Å²) in [5.41, 5.74) is 2.95. The minimum atomic E-state index is -0.826. The monoisotopic (exact) mass is 460 g/mol.